The van der Waals surface area contributed by atoms with E-state index in [1.165, 1.54) is 5.56 Å². The summed E-state index contributed by atoms with van der Waals surface area (Å²) in [5.74, 6) is 0. The van der Waals surface area contributed by atoms with E-state index < -0.39 is 6.09 Å². The smallest absolute Gasteiger partial charge is 0.405 e. The Balaban J connectivity index is 1.99. The molecule has 0 aliphatic heterocycles. The first-order valence-corrected chi connectivity index (χ1v) is 6.77. The summed E-state index contributed by atoms with van der Waals surface area (Å²) < 4.78 is 0. The van der Waals surface area contributed by atoms with Crippen molar-refractivity contribution in [1.29, 1.82) is 0 Å². The van der Waals surface area contributed by atoms with Crippen molar-refractivity contribution in [2.45, 2.75) is 25.3 Å². The first kappa shape index (κ1) is 12.7. The Morgan fingerprint density at radius 2 is 2.20 bits per heavy atom. The van der Waals surface area contributed by atoms with Gasteiger partial charge in [0.1, 0.15) is 0 Å². The SMILES string of the molecule is O=C(O)NC1CCCc2ccc(-c3cccnc3)cc21. The third kappa shape index (κ3) is 2.50. The highest BCUT2D eigenvalue weighted by Gasteiger charge is 2.22. The number of carbonyl (C=O) groups is 1. The fourth-order valence-electron chi connectivity index (χ4n) is 2.81. The van der Waals surface area contributed by atoms with Gasteiger partial charge in [0, 0.05) is 12.4 Å². The van der Waals surface area contributed by atoms with E-state index >= 15 is 0 Å². The topological polar surface area (TPSA) is 62.2 Å². The van der Waals surface area contributed by atoms with Crippen molar-refractivity contribution < 1.29 is 9.90 Å². The molecule has 1 aromatic heterocycles. The largest absolute Gasteiger partial charge is 0.465 e. The number of aromatic nitrogens is 1. The number of nitrogens with zero attached hydrogens (tertiary/aromatic N) is 1. The van der Waals surface area contributed by atoms with Crippen LogP contribution >= 0.6 is 0 Å². The van der Waals surface area contributed by atoms with Gasteiger partial charge in [0.25, 0.3) is 0 Å². The van der Waals surface area contributed by atoms with Gasteiger partial charge in [-0.15, -0.1) is 0 Å². The van der Waals surface area contributed by atoms with Gasteiger partial charge in [-0.2, -0.15) is 0 Å². The van der Waals surface area contributed by atoms with Gasteiger partial charge in [0.2, 0.25) is 0 Å². The van der Waals surface area contributed by atoms with Crippen molar-refractivity contribution in [2.75, 3.05) is 0 Å². The molecule has 1 unspecified atom stereocenters. The Morgan fingerprint density at radius 1 is 1.30 bits per heavy atom. The molecule has 20 heavy (non-hydrogen) atoms. The second-order valence-corrected chi connectivity index (χ2v) is 5.05. The molecular weight excluding hydrogens is 252 g/mol. The predicted octanol–water partition coefficient (Wildman–Crippen LogP) is 3.39. The second kappa shape index (κ2) is 5.33. The summed E-state index contributed by atoms with van der Waals surface area (Å²) >= 11 is 0. The zero-order chi connectivity index (χ0) is 13.9. The lowest BCUT2D eigenvalue weighted by molar-refractivity contribution is 0.188. The molecule has 2 aromatic rings. The van der Waals surface area contributed by atoms with Crippen LogP contribution in [0.2, 0.25) is 0 Å². The maximum Gasteiger partial charge on any atom is 0.405 e. The van der Waals surface area contributed by atoms with Crippen LogP contribution in [0.1, 0.15) is 30.0 Å². The van der Waals surface area contributed by atoms with Crippen LogP contribution in [-0.4, -0.2) is 16.2 Å². The van der Waals surface area contributed by atoms with Crippen LogP contribution in [0.3, 0.4) is 0 Å². The van der Waals surface area contributed by atoms with E-state index in [1.807, 2.05) is 18.3 Å². The van der Waals surface area contributed by atoms with Crippen molar-refractivity contribution in [2.24, 2.45) is 0 Å². The highest BCUT2D eigenvalue weighted by Crippen LogP contribution is 2.33. The summed E-state index contributed by atoms with van der Waals surface area (Å²) in [6.45, 7) is 0. The number of rotatable bonds is 2. The third-order valence-electron chi connectivity index (χ3n) is 3.75. The number of amides is 1. The summed E-state index contributed by atoms with van der Waals surface area (Å²) in [5.41, 5.74) is 4.47. The maximum atomic E-state index is 10.9. The molecule has 4 heteroatoms. The monoisotopic (exact) mass is 268 g/mol. The quantitative estimate of drug-likeness (QED) is 0.877. The number of carboxylic acid groups (broad SMARTS) is 1. The summed E-state index contributed by atoms with van der Waals surface area (Å²) in [4.78, 5) is 15.0. The highest BCUT2D eigenvalue weighted by atomic mass is 16.4. The molecule has 1 aliphatic rings. The van der Waals surface area contributed by atoms with Crippen LogP contribution < -0.4 is 5.32 Å². The Morgan fingerprint density at radius 3 is 2.95 bits per heavy atom. The summed E-state index contributed by atoms with van der Waals surface area (Å²) in [6, 6.07) is 10.1. The summed E-state index contributed by atoms with van der Waals surface area (Å²) in [5, 5.41) is 11.6. The molecule has 0 spiro atoms. The number of hydrogen-bond donors (Lipinski definition) is 2. The average molecular weight is 268 g/mol. The number of nitrogens with one attached hydrogen (secondary N) is 1. The van der Waals surface area contributed by atoms with Gasteiger partial charge in [-0.1, -0.05) is 18.2 Å². The number of hydrogen-bond acceptors (Lipinski definition) is 2. The summed E-state index contributed by atoms with van der Waals surface area (Å²) in [7, 11) is 0. The van der Waals surface area contributed by atoms with E-state index in [0.29, 0.717) is 0 Å². The van der Waals surface area contributed by atoms with Crippen molar-refractivity contribution in [3.63, 3.8) is 0 Å². The molecule has 1 aromatic carbocycles. The van der Waals surface area contributed by atoms with Crippen LogP contribution in [0.25, 0.3) is 11.1 Å². The molecule has 0 radical (unpaired) electrons. The van der Waals surface area contributed by atoms with Gasteiger partial charge in [-0.3, -0.25) is 4.98 Å². The summed E-state index contributed by atoms with van der Waals surface area (Å²) in [6.07, 6.45) is 5.50. The zero-order valence-corrected chi connectivity index (χ0v) is 11.0. The Labute approximate surface area is 117 Å². The molecule has 1 atom stereocenters. The zero-order valence-electron chi connectivity index (χ0n) is 11.0. The van der Waals surface area contributed by atoms with Crippen molar-refractivity contribution >= 4 is 6.09 Å². The van der Waals surface area contributed by atoms with E-state index in [0.717, 1.165) is 36.0 Å². The molecule has 102 valence electrons. The lowest BCUT2D eigenvalue weighted by Gasteiger charge is -2.26. The van der Waals surface area contributed by atoms with Crippen molar-refractivity contribution in [3.05, 3.63) is 53.9 Å². The van der Waals surface area contributed by atoms with Crippen LogP contribution in [0, 0.1) is 0 Å². The minimum atomic E-state index is -0.963. The Hall–Kier alpha value is -2.36. The molecule has 4 nitrogen and oxygen atoms in total. The van der Waals surface area contributed by atoms with Gasteiger partial charge in [-0.25, -0.2) is 4.79 Å². The van der Waals surface area contributed by atoms with Crippen LogP contribution in [0.15, 0.2) is 42.7 Å². The Kier molecular flexibility index (Phi) is 3.37. The molecule has 1 heterocycles. The van der Waals surface area contributed by atoms with Crippen molar-refractivity contribution in [1.82, 2.24) is 10.3 Å². The van der Waals surface area contributed by atoms with Gasteiger partial charge >= 0.3 is 6.09 Å². The van der Waals surface area contributed by atoms with Gasteiger partial charge < -0.3 is 10.4 Å². The Bertz CT molecular complexity index is 626. The van der Waals surface area contributed by atoms with Crippen molar-refractivity contribution in [3.8, 4) is 11.1 Å². The average Bonchev–Trinajstić information content (AvgIpc) is 2.47. The standard InChI is InChI=1S/C16H16N2O2/c19-16(20)18-15-5-1-3-11-6-7-12(9-14(11)15)13-4-2-8-17-10-13/h2,4,6-10,15,18H,1,3,5H2,(H,19,20). The first-order valence-electron chi connectivity index (χ1n) is 6.77. The van der Waals surface area contributed by atoms with E-state index in [2.05, 4.69) is 28.5 Å². The maximum absolute atomic E-state index is 10.9. The fourth-order valence-corrected chi connectivity index (χ4v) is 2.81. The second-order valence-electron chi connectivity index (χ2n) is 5.05. The molecule has 2 N–H and O–H groups in total. The third-order valence-corrected chi connectivity index (χ3v) is 3.75. The van der Waals surface area contributed by atoms with Gasteiger partial charge in [0.15, 0.2) is 0 Å². The molecule has 1 amide bonds. The molecule has 3 rings (SSSR count). The molecule has 0 bridgehead atoms. The van der Waals surface area contributed by atoms with E-state index in [9.17, 15) is 4.79 Å². The van der Waals surface area contributed by atoms with Crippen LogP contribution in [0.5, 0.6) is 0 Å². The molecular formula is C16H16N2O2. The van der Waals surface area contributed by atoms with Gasteiger partial charge in [-0.05, 0) is 53.6 Å². The number of fused-ring (bicyclic) bond motifs is 1. The number of pyridine rings is 1. The lowest BCUT2D eigenvalue weighted by atomic mass is 9.86. The number of aryl methyl sites for hydroxylation is 1. The first-order chi connectivity index (χ1) is 9.74. The highest BCUT2D eigenvalue weighted by molar-refractivity contribution is 5.67. The minimum Gasteiger partial charge on any atom is -0.465 e. The minimum absolute atomic E-state index is 0.104. The van der Waals surface area contributed by atoms with Crippen LogP contribution in [-0.2, 0) is 6.42 Å². The van der Waals surface area contributed by atoms with E-state index in [1.54, 1.807) is 6.20 Å². The molecule has 0 fully saturated rings. The molecule has 1 aliphatic carbocycles. The predicted molar refractivity (Wildman–Crippen MR) is 76.5 cm³/mol. The van der Waals surface area contributed by atoms with E-state index in [4.69, 9.17) is 5.11 Å². The number of benzene rings is 1. The van der Waals surface area contributed by atoms with Gasteiger partial charge in [0.05, 0.1) is 6.04 Å². The lowest BCUT2D eigenvalue weighted by Crippen LogP contribution is -2.29. The normalized spacial score (nSPS) is 17.3. The fraction of sp³-hybridized carbons (Fsp3) is 0.250. The van der Waals surface area contributed by atoms with Crippen LogP contribution in [0.4, 0.5) is 4.79 Å². The molecule has 0 saturated carbocycles. The molecule has 0 saturated heterocycles. The van der Waals surface area contributed by atoms with E-state index in [-0.39, 0.29) is 6.04 Å².